The van der Waals surface area contributed by atoms with Crippen LogP contribution in [0, 0.1) is 5.82 Å². The smallest absolute Gasteiger partial charge is 0.342 e. The number of amides is 1. The third-order valence-electron chi connectivity index (χ3n) is 5.17. The highest BCUT2D eigenvalue weighted by Crippen LogP contribution is 2.27. The number of hydrogen-bond donors (Lipinski definition) is 1. The van der Waals surface area contributed by atoms with Crippen molar-refractivity contribution in [1.82, 2.24) is 4.98 Å². The standard InChI is InChI=1S/C23H21BrFN3O3/c1-14(22(29)27-20-9-8-16(24)13-18(20)25)31-23(30)17-12-15-6-2-3-7-19(15)26-21(17)28-10-4-5-11-28/h2-3,6-9,12-14H,4-5,10-11H2,1H3,(H,27,29). The topological polar surface area (TPSA) is 71.5 Å². The lowest BCUT2D eigenvalue weighted by molar-refractivity contribution is -0.123. The molecule has 1 aliphatic heterocycles. The van der Waals surface area contributed by atoms with E-state index in [1.165, 1.54) is 19.1 Å². The van der Waals surface area contributed by atoms with Gasteiger partial charge >= 0.3 is 5.97 Å². The van der Waals surface area contributed by atoms with Gasteiger partial charge in [-0.15, -0.1) is 0 Å². The van der Waals surface area contributed by atoms with E-state index in [1.54, 1.807) is 12.1 Å². The van der Waals surface area contributed by atoms with Crippen LogP contribution in [-0.4, -0.2) is 36.1 Å². The molecule has 2 heterocycles. The van der Waals surface area contributed by atoms with Crippen LogP contribution in [0.2, 0.25) is 0 Å². The highest BCUT2D eigenvalue weighted by Gasteiger charge is 2.26. The number of rotatable bonds is 5. The number of carbonyl (C=O) groups is 2. The molecule has 3 aromatic rings. The molecule has 6 nitrogen and oxygen atoms in total. The van der Waals surface area contributed by atoms with Crippen LogP contribution in [0.15, 0.2) is 53.0 Å². The number of para-hydroxylation sites is 1. The lowest BCUT2D eigenvalue weighted by Crippen LogP contribution is -2.31. The lowest BCUT2D eigenvalue weighted by Gasteiger charge is -2.21. The van der Waals surface area contributed by atoms with E-state index >= 15 is 0 Å². The summed E-state index contributed by atoms with van der Waals surface area (Å²) in [7, 11) is 0. The molecule has 0 bridgehead atoms. The first-order valence-electron chi connectivity index (χ1n) is 10.0. The molecule has 1 atom stereocenters. The third-order valence-corrected chi connectivity index (χ3v) is 5.66. The molecule has 2 aromatic carbocycles. The number of nitrogens with one attached hydrogen (secondary N) is 1. The summed E-state index contributed by atoms with van der Waals surface area (Å²) >= 11 is 3.17. The van der Waals surface area contributed by atoms with E-state index < -0.39 is 23.8 Å². The normalized spacial score (nSPS) is 14.5. The first kappa shape index (κ1) is 21.2. The van der Waals surface area contributed by atoms with Gasteiger partial charge < -0.3 is 15.0 Å². The van der Waals surface area contributed by atoms with Crippen molar-refractivity contribution in [1.29, 1.82) is 0 Å². The van der Waals surface area contributed by atoms with Gasteiger partial charge in [-0.1, -0.05) is 34.1 Å². The average molecular weight is 486 g/mol. The van der Waals surface area contributed by atoms with E-state index in [-0.39, 0.29) is 5.69 Å². The Bertz CT molecular complexity index is 1150. The van der Waals surface area contributed by atoms with Crippen molar-refractivity contribution in [3.05, 3.63) is 64.4 Å². The second kappa shape index (κ2) is 9.01. The van der Waals surface area contributed by atoms with Crippen LogP contribution >= 0.6 is 15.9 Å². The highest BCUT2D eigenvalue weighted by atomic mass is 79.9. The molecule has 1 saturated heterocycles. The van der Waals surface area contributed by atoms with Crippen LogP contribution in [0.1, 0.15) is 30.1 Å². The Labute approximate surface area is 187 Å². The zero-order valence-corrected chi connectivity index (χ0v) is 18.5. The molecule has 0 saturated carbocycles. The number of anilines is 2. The summed E-state index contributed by atoms with van der Waals surface area (Å²) < 4.78 is 20.0. The molecule has 0 radical (unpaired) electrons. The molecule has 160 valence electrons. The predicted molar refractivity (Wildman–Crippen MR) is 121 cm³/mol. The molecule has 1 aromatic heterocycles. The van der Waals surface area contributed by atoms with Gasteiger partial charge in [0.1, 0.15) is 17.2 Å². The summed E-state index contributed by atoms with van der Waals surface area (Å²) in [6.07, 6.45) is 0.939. The Morgan fingerprint density at radius 2 is 1.90 bits per heavy atom. The van der Waals surface area contributed by atoms with Crippen molar-refractivity contribution in [2.24, 2.45) is 0 Å². The number of ether oxygens (including phenoxy) is 1. The van der Waals surface area contributed by atoms with Crippen LogP contribution in [0.4, 0.5) is 15.9 Å². The molecule has 31 heavy (non-hydrogen) atoms. The molecule has 1 unspecified atom stereocenters. The fourth-order valence-corrected chi connectivity index (χ4v) is 3.86. The number of nitrogens with zero attached hydrogens (tertiary/aromatic N) is 2. The van der Waals surface area contributed by atoms with Gasteiger partial charge in [0.2, 0.25) is 0 Å². The second-order valence-corrected chi connectivity index (χ2v) is 8.32. The third kappa shape index (κ3) is 4.69. The largest absolute Gasteiger partial charge is 0.449 e. The Balaban J connectivity index is 1.55. The number of pyridine rings is 1. The molecule has 1 amide bonds. The first-order chi connectivity index (χ1) is 14.9. The van der Waals surface area contributed by atoms with Gasteiger partial charge in [-0.3, -0.25) is 4.79 Å². The van der Waals surface area contributed by atoms with Gasteiger partial charge in [0, 0.05) is 22.9 Å². The van der Waals surface area contributed by atoms with E-state index in [4.69, 9.17) is 4.74 Å². The van der Waals surface area contributed by atoms with Crippen LogP contribution in [-0.2, 0) is 9.53 Å². The molecule has 1 aliphatic rings. The number of esters is 1. The van der Waals surface area contributed by atoms with Gasteiger partial charge in [0.15, 0.2) is 6.10 Å². The SMILES string of the molecule is CC(OC(=O)c1cc2ccccc2nc1N1CCCC1)C(=O)Nc1ccc(Br)cc1F. The van der Waals surface area contributed by atoms with E-state index in [0.717, 1.165) is 36.8 Å². The summed E-state index contributed by atoms with van der Waals surface area (Å²) in [5.41, 5.74) is 1.12. The van der Waals surface area contributed by atoms with Crippen LogP contribution in [0.5, 0.6) is 0 Å². The highest BCUT2D eigenvalue weighted by molar-refractivity contribution is 9.10. The van der Waals surface area contributed by atoms with Crippen LogP contribution < -0.4 is 10.2 Å². The number of benzene rings is 2. The molecular formula is C23H21BrFN3O3. The predicted octanol–water partition coefficient (Wildman–Crippen LogP) is 4.92. The number of halogens is 2. The van der Waals surface area contributed by atoms with Gasteiger partial charge in [0.25, 0.3) is 5.91 Å². The van der Waals surface area contributed by atoms with E-state index in [1.807, 2.05) is 24.3 Å². The minimum absolute atomic E-state index is 0.0150. The van der Waals surface area contributed by atoms with Gasteiger partial charge in [0.05, 0.1) is 11.2 Å². The van der Waals surface area contributed by atoms with Crippen LogP contribution in [0.3, 0.4) is 0 Å². The fourth-order valence-electron chi connectivity index (χ4n) is 3.53. The maximum Gasteiger partial charge on any atom is 0.342 e. The van der Waals surface area contributed by atoms with Crippen molar-refractivity contribution in [2.75, 3.05) is 23.3 Å². The summed E-state index contributed by atoms with van der Waals surface area (Å²) in [6, 6.07) is 13.6. The minimum Gasteiger partial charge on any atom is -0.449 e. The van der Waals surface area contributed by atoms with Gasteiger partial charge in [-0.25, -0.2) is 14.2 Å². The maximum absolute atomic E-state index is 14.0. The molecule has 1 N–H and O–H groups in total. The van der Waals surface area contributed by atoms with E-state index in [2.05, 4.69) is 31.1 Å². The van der Waals surface area contributed by atoms with E-state index in [0.29, 0.717) is 15.9 Å². The van der Waals surface area contributed by atoms with Crippen LogP contribution in [0.25, 0.3) is 10.9 Å². The second-order valence-electron chi connectivity index (χ2n) is 7.41. The Kier molecular flexibility index (Phi) is 6.18. The summed E-state index contributed by atoms with van der Waals surface area (Å²) in [6.45, 7) is 3.07. The Morgan fingerprint density at radius 1 is 1.16 bits per heavy atom. The van der Waals surface area contributed by atoms with Gasteiger partial charge in [-0.05, 0) is 50.1 Å². The number of aromatic nitrogens is 1. The number of fused-ring (bicyclic) bond motifs is 1. The molecular weight excluding hydrogens is 465 g/mol. The molecule has 0 spiro atoms. The summed E-state index contributed by atoms with van der Waals surface area (Å²) in [4.78, 5) is 32.2. The molecule has 1 fully saturated rings. The van der Waals surface area contributed by atoms with Crippen molar-refractivity contribution in [3.63, 3.8) is 0 Å². The molecule has 0 aliphatic carbocycles. The number of carbonyl (C=O) groups excluding carboxylic acids is 2. The average Bonchev–Trinajstić information content (AvgIpc) is 3.29. The van der Waals surface area contributed by atoms with Crippen molar-refractivity contribution in [2.45, 2.75) is 25.9 Å². The van der Waals surface area contributed by atoms with Crippen molar-refractivity contribution >= 4 is 50.2 Å². The quantitative estimate of drug-likeness (QED) is 0.519. The monoisotopic (exact) mass is 485 g/mol. The minimum atomic E-state index is -1.12. The van der Waals surface area contributed by atoms with E-state index in [9.17, 15) is 14.0 Å². The van der Waals surface area contributed by atoms with Gasteiger partial charge in [-0.2, -0.15) is 0 Å². The summed E-state index contributed by atoms with van der Waals surface area (Å²) in [5, 5.41) is 3.27. The van der Waals surface area contributed by atoms with Crippen molar-refractivity contribution in [3.8, 4) is 0 Å². The maximum atomic E-state index is 14.0. The zero-order valence-electron chi connectivity index (χ0n) is 16.9. The Hall–Kier alpha value is -3.00. The zero-order chi connectivity index (χ0) is 22.0. The first-order valence-corrected chi connectivity index (χ1v) is 10.8. The fraction of sp³-hybridized carbons (Fsp3) is 0.261. The molecule has 4 rings (SSSR count). The Morgan fingerprint density at radius 3 is 2.65 bits per heavy atom. The summed E-state index contributed by atoms with van der Waals surface area (Å²) in [5.74, 6) is -1.28. The molecule has 8 heteroatoms. The van der Waals surface area contributed by atoms with Crippen molar-refractivity contribution < 1.29 is 18.7 Å². The number of hydrogen-bond acceptors (Lipinski definition) is 5. The lowest BCUT2D eigenvalue weighted by atomic mass is 10.1.